The molecule has 168 valence electrons. The number of carbonyl (C=O) groups excluding carboxylic acids is 2. The molecule has 5 nitrogen and oxygen atoms in total. The number of hydrogen-bond donors (Lipinski definition) is 1. The van der Waals surface area contributed by atoms with Crippen molar-refractivity contribution in [3.05, 3.63) is 42.1 Å². The summed E-state index contributed by atoms with van der Waals surface area (Å²) >= 11 is 0. The SMILES string of the molecule is C=C([C@H](C)[C@](C)(NC(=O)OC(C)(C)C)C(=O)N(CC)CC)[Si](C)(C)c1ccccc1. The lowest BCUT2D eigenvalue weighted by Crippen LogP contribution is -2.64. The van der Waals surface area contributed by atoms with Gasteiger partial charge < -0.3 is 15.0 Å². The highest BCUT2D eigenvalue weighted by Crippen LogP contribution is 2.32. The fraction of sp³-hybridized carbons (Fsp3) is 0.583. The van der Waals surface area contributed by atoms with Gasteiger partial charge in [0.05, 0.1) is 0 Å². The highest BCUT2D eigenvalue weighted by molar-refractivity contribution is 6.95. The normalized spacial score (nSPS) is 15.0. The topological polar surface area (TPSA) is 58.6 Å². The van der Waals surface area contributed by atoms with Gasteiger partial charge in [-0.25, -0.2) is 4.79 Å². The van der Waals surface area contributed by atoms with Crippen molar-refractivity contribution in [2.75, 3.05) is 13.1 Å². The van der Waals surface area contributed by atoms with Crippen molar-refractivity contribution in [1.29, 1.82) is 0 Å². The third-order valence-electron chi connectivity index (χ3n) is 5.94. The van der Waals surface area contributed by atoms with Crippen LogP contribution in [0.2, 0.25) is 13.1 Å². The Balaban J connectivity index is 3.36. The largest absolute Gasteiger partial charge is 0.444 e. The van der Waals surface area contributed by atoms with E-state index in [1.54, 1.807) is 11.8 Å². The van der Waals surface area contributed by atoms with Crippen LogP contribution in [-0.2, 0) is 9.53 Å². The maximum Gasteiger partial charge on any atom is 0.408 e. The molecule has 30 heavy (non-hydrogen) atoms. The maximum atomic E-state index is 13.6. The number of ether oxygens (including phenoxy) is 1. The smallest absolute Gasteiger partial charge is 0.408 e. The lowest BCUT2D eigenvalue weighted by molar-refractivity contribution is -0.138. The first-order chi connectivity index (χ1) is 13.7. The first kappa shape index (κ1) is 26.0. The molecule has 1 aromatic rings. The van der Waals surface area contributed by atoms with Crippen molar-refractivity contribution >= 4 is 25.3 Å². The molecule has 0 aromatic heterocycles. The molecular formula is C24H40N2O3Si. The number of nitrogens with zero attached hydrogens (tertiary/aromatic N) is 1. The zero-order chi connectivity index (χ0) is 23.3. The number of amides is 2. The van der Waals surface area contributed by atoms with E-state index in [0.29, 0.717) is 13.1 Å². The Kier molecular flexibility index (Phi) is 8.49. The van der Waals surface area contributed by atoms with Gasteiger partial charge in [0.1, 0.15) is 19.2 Å². The summed E-state index contributed by atoms with van der Waals surface area (Å²) in [5.41, 5.74) is -1.81. The zero-order valence-corrected chi connectivity index (χ0v) is 21.3. The number of benzene rings is 1. The number of likely N-dealkylation sites (N-methyl/N-ethyl adjacent to an activating group) is 1. The summed E-state index contributed by atoms with van der Waals surface area (Å²) in [4.78, 5) is 28.0. The van der Waals surface area contributed by atoms with Crippen molar-refractivity contribution in [3.63, 3.8) is 0 Å². The second-order valence-corrected chi connectivity index (χ2v) is 14.0. The summed E-state index contributed by atoms with van der Waals surface area (Å²) in [6.07, 6.45) is -0.593. The Morgan fingerprint density at radius 2 is 1.60 bits per heavy atom. The molecule has 0 aliphatic heterocycles. The Bertz CT molecular complexity index is 751. The van der Waals surface area contributed by atoms with Crippen molar-refractivity contribution in [3.8, 4) is 0 Å². The molecule has 0 heterocycles. The highest BCUT2D eigenvalue weighted by Gasteiger charge is 2.47. The first-order valence-corrected chi connectivity index (χ1v) is 13.8. The van der Waals surface area contributed by atoms with E-state index in [1.165, 1.54) is 5.19 Å². The van der Waals surface area contributed by atoms with E-state index in [2.05, 4.69) is 37.1 Å². The second-order valence-electron chi connectivity index (χ2n) is 9.54. The molecule has 1 aromatic carbocycles. The third-order valence-corrected chi connectivity index (χ3v) is 9.76. The quantitative estimate of drug-likeness (QED) is 0.616. The number of carbonyl (C=O) groups is 2. The molecule has 0 aliphatic carbocycles. The van der Waals surface area contributed by atoms with Gasteiger partial charge in [0.2, 0.25) is 5.91 Å². The van der Waals surface area contributed by atoms with E-state index in [0.717, 1.165) is 5.20 Å². The van der Waals surface area contributed by atoms with E-state index in [1.807, 2.05) is 59.7 Å². The molecule has 0 spiro atoms. The van der Waals surface area contributed by atoms with Crippen LogP contribution in [0.4, 0.5) is 4.79 Å². The lowest BCUT2D eigenvalue weighted by Gasteiger charge is -2.42. The molecule has 1 rings (SSSR count). The average molecular weight is 433 g/mol. The Morgan fingerprint density at radius 1 is 1.10 bits per heavy atom. The van der Waals surface area contributed by atoms with Gasteiger partial charge in [-0.05, 0) is 41.5 Å². The van der Waals surface area contributed by atoms with Crippen LogP contribution in [0, 0.1) is 5.92 Å². The van der Waals surface area contributed by atoms with Crippen LogP contribution in [0.1, 0.15) is 48.5 Å². The Hall–Kier alpha value is -2.08. The summed E-state index contributed by atoms with van der Waals surface area (Å²) in [6, 6.07) is 10.3. The maximum absolute atomic E-state index is 13.6. The van der Waals surface area contributed by atoms with E-state index in [-0.39, 0.29) is 11.8 Å². The van der Waals surface area contributed by atoms with Crippen LogP contribution in [0.5, 0.6) is 0 Å². The standard InChI is InChI=1S/C24H40N2O3Si/c1-11-26(12-2)21(27)24(8,25-22(28)29-23(5,6)7)18(3)19(4)30(9,10)20-16-14-13-15-17-20/h13-18H,4,11-12H2,1-3,5-10H3,(H,25,28)/t18-,24-/m0/s1. The van der Waals surface area contributed by atoms with E-state index in [4.69, 9.17) is 4.74 Å². The average Bonchev–Trinajstić information content (AvgIpc) is 2.66. The van der Waals surface area contributed by atoms with E-state index >= 15 is 0 Å². The van der Waals surface area contributed by atoms with Crippen molar-refractivity contribution in [1.82, 2.24) is 10.2 Å². The molecule has 0 aliphatic rings. The first-order valence-electron chi connectivity index (χ1n) is 10.8. The number of hydrogen-bond acceptors (Lipinski definition) is 3. The molecule has 0 fully saturated rings. The minimum absolute atomic E-state index is 0.120. The zero-order valence-electron chi connectivity index (χ0n) is 20.3. The molecule has 0 radical (unpaired) electrons. The van der Waals surface area contributed by atoms with Gasteiger partial charge in [-0.15, -0.1) is 6.58 Å². The van der Waals surface area contributed by atoms with Crippen LogP contribution in [-0.4, -0.2) is 49.2 Å². The number of alkyl carbamates (subject to hydrolysis) is 1. The summed E-state index contributed by atoms with van der Waals surface area (Å²) < 4.78 is 5.49. The van der Waals surface area contributed by atoms with Crippen LogP contribution in [0.25, 0.3) is 0 Å². The second kappa shape index (κ2) is 9.82. The Morgan fingerprint density at radius 3 is 2.03 bits per heavy atom. The highest BCUT2D eigenvalue weighted by atomic mass is 28.3. The number of nitrogens with one attached hydrogen (secondary N) is 1. The Labute approximate surface area is 183 Å². The molecule has 0 bridgehead atoms. The molecule has 2 amide bonds. The van der Waals surface area contributed by atoms with Crippen molar-refractivity contribution < 1.29 is 14.3 Å². The van der Waals surface area contributed by atoms with Gasteiger partial charge in [0.15, 0.2) is 0 Å². The molecule has 1 N–H and O–H groups in total. The van der Waals surface area contributed by atoms with Gasteiger partial charge in [-0.2, -0.15) is 0 Å². The van der Waals surface area contributed by atoms with E-state index in [9.17, 15) is 9.59 Å². The molecule has 0 saturated carbocycles. The third kappa shape index (κ3) is 5.97. The molecule has 2 atom stereocenters. The molecular weight excluding hydrogens is 392 g/mol. The van der Waals surface area contributed by atoms with E-state index < -0.39 is 25.3 Å². The predicted molar refractivity (Wildman–Crippen MR) is 128 cm³/mol. The monoisotopic (exact) mass is 432 g/mol. The summed E-state index contributed by atoms with van der Waals surface area (Å²) in [5, 5.41) is 5.17. The summed E-state index contributed by atoms with van der Waals surface area (Å²) in [6.45, 7) is 23.1. The van der Waals surface area contributed by atoms with Crippen LogP contribution < -0.4 is 10.5 Å². The van der Waals surface area contributed by atoms with Gasteiger partial charge in [-0.1, -0.05) is 60.7 Å². The van der Waals surface area contributed by atoms with Gasteiger partial charge >= 0.3 is 6.09 Å². The van der Waals surface area contributed by atoms with Crippen molar-refractivity contribution in [2.45, 2.75) is 72.7 Å². The lowest BCUT2D eigenvalue weighted by atomic mass is 9.85. The van der Waals surface area contributed by atoms with Gasteiger partial charge in [0, 0.05) is 19.0 Å². The van der Waals surface area contributed by atoms with Crippen LogP contribution >= 0.6 is 0 Å². The van der Waals surface area contributed by atoms with Crippen molar-refractivity contribution in [2.24, 2.45) is 5.92 Å². The fourth-order valence-corrected chi connectivity index (χ4v) is 6.40. The van der Waals surface area contributed by atoms with Crippen LogP contribution in [0.15, 0.2) is 42.1 Å². The molecule has 0 unspecified atom stereocenters. The summed E-state index contributed by atoms with van der Waals surface area (Å²) in [7, 11) is -2.11. The summed E-state index contributed by atoms with van der Waals surface area (Å²) in [5.74, 6) is -0.398. The van der Waals surface area contributed by atoms with Crippen LogP contribution in [0.3, 0.4) is 0 Å². The fourth-order valence-electron chi connectivity index (χ4n) is 3.63. The minimum atomic E-state index is -2.11. The number of rotatable bonds is 8. The van der Waals surface area contributed by atoms with Gasteiger partial charge in [0.25, 0.3) is 0 Å². The minimum Gasteiger partial charge on any atom is -0.444 e. The molecule has 0 saturated heterocycles. The van der Waals surface area contributed by atoms with Gasteiger partial charge in [-0.3, -0.25) is 4.79 Å². The predicted octanol–water partition coefficient (Wildman–Crippen LogP) is 4.49. The molecule has 6 heteroatoms.